The van der Waals surface area contributed by atoms with Crippen molar-refractivity contribution in [2.75, 3.05) is 4.90 Å². The molecule has 240 valence electrons. The molecule has 0 radical (unpaired) electrons. The van der Waals surface area contributed by atoms with Gasteiger partial charge in [0.15, 0.2) is 0 Å². The molecular formula is C50H35N. The van der Waals surface area contributed by atoms with Gasteiger partial charge in [0.2, 0.25) is 0 Å². The minimum Gasteiger partial charge on any atom is -0.310 e. The van der Waals surface area contributed by atoms with Gasteiger partial charge in [0.25, 0.3) is 0 Å². The van der Waals surface area contributed by atoms with E-state index in [4.69, 9.17) is 0 Å². The average molecular weight is 650 g/mol. The summed E-state index contributed by atoms with van der Waals surface area (Å²) in [5, 5.41) is 5.13. The molecule has 0 bridgehead atoms. The van der Waals surface area contributed by atoms with Crippen LogP contribution < -0.4 is 4.90 Å². The van der Waals surface area contributed by atoms with E-state index in [1.165, 1.54) is 66.1 Å². The Morgan fingerprint density at radius 1 is 0.235 bits per heavy atom. The summed E-state index contributed by atoms with van der Waals surface area (Å²) in [6.45, 7) is 0. The number of benzene rings is 9. The maximum Gasteiger partial charge on any atom is 0.0467 e. The van der Waals surface area contributed by atoms with Crippen molar-refractivity contribution in [2.45, 2.75) is 0 Å². The van der Waals surface area contributed by atoms with Gasteiger partial charge in [0, 0.05) is 17.1 Å². The van der Waals surface area contributed by atoms with Gasteiger partial charge in [-0.3, -0.25) is 0 Å². The van der Waals surface area contributed by atoms with Crippen LogP contribution in [0.25, 0.3) is 66.1 Å². The number of rotatable bonds is 7. The number of hydrogen-bond donors (Lipinski definition) is 0. The van der Waals surface area contributed by atoms with Crippen molar-refractivity contribution in [1.29, 1.82) is 0 Å². The fraction of sp³-hybridized carbons (Fsp3) is 0. The number of fused-ring (bicyclic) bond motifs is 3. The van der Waals surface area contributed by atoms with Crippen molar-refractivity contribution in [1.82, 2.24) is 0 Å². The zero-order valence-electron chi connectivity index (χ0n) is 28.2. The lowest BCUT2D eigenvalue weighted by Crippen LogP contribution is -2.09. The predicted molar refractivity (Wildman–Crippen MR) is 218 cm³/mol. The van der Waals surface area contributed by atoms with Gasteiger partial charge in [0.1, 0.15) is 0 Å². The number of para-hydroxylation sites is 1. The van der Waals surface area contributed by atoms with Crippen LogP contribution in [0.3, 0.4) is 0 Å². The molecule has 9 aromatic carbocycles. The molecule has 0 N–H and O–H groups in total. The van der Waals surface area contributed by atoms with Crippen LogP contribution in [0.1, 0.15) is 0 Å². The Balaban J connectivity index is 1.06. The minimum absolute atomic E-state index is 1.11. The van der Waals surface area contributed by atoms with E-state index < -0.39 is 0 Å². The number of nitrogens with zero attached hydrogens (tertiary/aromatic N) is 1. The van der Waals surface area contributed by atoms with Crippen LogP contribution in [0, 0.1) is 0 Å². The summed E-state index contributed by atoms with van der Waals surface area (Å²) in [5.74, 6) is 0. The summed E-state index contributed by atoms with van der Waals surface area (Å²) < 4.78 is 0. The van der Waals surface area contributed by atoms with Crippen LogP contribution in [-0.4, -0.2) is 0 Å². The van der Waals surface area contributed by atoms with Gasteiger partial charge in [-0.05, 0) is 109 Å². The summed E-state index contributed by atoms with van der Waals surface area (Å²) in [5.41, 5.74) is 13.0. The number of hydrogen-bond acceptors (Lipinski definition) is 1. The lowest BCUT2D eigenvalue weighted by Gasteiger charge is -2.26. The first-order chi connectivity index (χ1) is 25.3. The SMILES string of the molecule is c1ccc(-c2ccccc2-c2cccc(N(c3ccccc3)c3ccc(-c4ccc(-c5cc6ccccc6c6ccccc56)cc4)cc3)c2)cc1. The second-order valence-corrected chi connectivity index (χ2v) is 12.9. The van der Waals surface area contributed by atoms with E-state index in [1.807, 2.05) is 0 Å². The van der Waals surface area contributed by atoms with Gasteiger partial charge in [-0.2, -0.15) is 0 Å². The monoisotopic (exact) mass is 649 g/mol. The molecule has 9 aromatic rings. The van der Waals surface area contributed by atoms with Crippen molar-refractivity contribution in [3.05, 3.63) is 212 Å². The Hall–Kier alpha value is -6.70. The summed E-state index contributed by atoms with van der Waals surface area (Å²) in [7, 11) is 0. The normalized spacial score (nSPS) is 11.1. The van der Waals surface area contributed by atoms with Crippen LogP contribution in [0.2, 0.25) is 0 Å². The molecule has 0 saturated carbocycles. The van der Waals surface area contributed by atoms with Crippen LogP contribution in [0.5, 0.6) is 0 Å². The third kappa shape index (κ3) is 5.86. The van der Waals surface area contributed by atoms with Gasteiger partial charge in [0.05, 0.1) is 0 Å². The lowest BCUT2D eigenvalue weighted by atomic mass is 9.92. The average Bonchev–Trinajstić information content (AvgIpc) is 3.22. The van der Waals surface area contributed by atoms with E-state index in [1.54, 1.807) is 0 Å². The van der Waals surface area contributed by atoms with Gasteiger partial charge in [-0.25, -0.2) is 0 Å². The van der Waals surface area contributed by atoms with Crippen molar-refractivity contribution < 1.29 is 0 Å². The van der Waals surface area contributed by atoms with Crippen molar-refractivity contribution >= 4 is 38.6 Å². The molecular weight excluding hydrogens is 615 g/mol. The molecule has 0 aliphatic heterocycles. The molecule has 0 aromatic heterocycles. The third-order valence-corrected chi connectivity index (χ3v) is 9.86. The van der Waals surface area contributed by atoms with Gasteiger partial charge in [-0.1, -0.05) is 170 Å². The maximum atomic E-state index is 2.34. The first-order valence-electron chi connectivity index (χ1n) is 17.5. The highest BCUT2D eigenvalue weighted by Crippen LogP contribution is 2.40. The van der Waals surface area contributed by atoms with Gasteiger partial charge < -0.3 is 4.90 Å². The summed E-state index contributed by atoms with van der Waals surface area (Å²) in [6.07, 6.45) is 0. The lowest BCUT2D eigenvalue weighted by molar-refractivity contribution is 1.28. The molecule has 1 nitrogen and oxygen atoms in total. The molecule has 0 spiro atoms. The molecule has 0 amide bonds. The quantitative estimate of drug-likeness (QED) is 0.155. The Morgan fingerprint density at radius 2 is 0.706 bits per heavy atom. The van der Waals surface area contributed by atoms with E-state index in [2.05, 4.69) is 217 Å². The Bertz CT molecular complexity index is 2600. The van der Waals surface area contributed by atoms with Crippen molar-refractivity contribution in [3.8, 4) is 44.5 Å². The van der Waals surface area contributed by atoms with Crippen LogP contribution in [0.15, 0.2) is 212 Å². The predicted octanol–water partition coefficient (Wildman–Crippen LogP) is 14.1. The first-order valence-corrected chi connectivity index (χ1v) is 17.5. The molecule has 0 aliphatic carbocycles. The number of anilines is 3. The van der Waals surface area contributed by atoms with E-state index in [9.17, 15) is 0 Å². The van der Waals surface area contributed by atoms with Crippen LogP contribution in [0.4, 0.5) is 17.1 Å². The first kappa shape index (κ1) is 30.4. The van der Waals surface area contributed by atoms with E-state index >= 15 is 0 Å². The highest BCUT2D eigenvalue weighted by molar-refractivity contribution is 6.13. The molecule has 9 rings (SSSR count). The van der Waals surface area contributed by atoms with E-state index in [0.717, 1.165) is 17.1 Å². The molecule has 51 heavy (non-hydrogen) atoms. The van der Waals surface area contributed by atoms with E-state index in [0.29, 0.717) is 0 Å². The Labute approximate surface area is 299 Å². The Morgan fingerprint density at radius 3 is 1.43 bits per heavy atom. The molecule has 0 fully saturated rings. The largest absolute Gasteiger partial charge is 0.310 e. The highest BCUT2D eigenvalue weighted by Gasteiger charge is 2.15. The Kier molecular flexibility index (Phi) is 7.92. The smallest absolute Gasteiger partial charge is 0.0467 e. The van der Waals surface area contributed by atoms with Crippen LogP contribution >= 0.6 is 0 Å². The molecule has 1 heteroatoms. The standard InChI is InChI=1S/C50H35N/c1-3-14-38(15-4-1)45-21-9-10-22-46(45)40-17-13-20-44(34-40)51(42-18-5-2-6-19-42)43-32-30-37(31-33-43)36-26-28-39(29-27-36)50-35-41-16-7-8-23-47(41)48-24-11-12-25-49(48)50/h1-35H. The van der Waals surface area contributed by atoms with Crippen molar-refractivity contribution in [3.63, 3.8) is 0 Å². The maximum absolute atomic E-state index is 2.34. The highest BCUT2D eigenvalue weighted by atomic mass is 15.1. The second-order valence-electron chi connectivity index (χ2n) is 12.9. The summed E-state index contributed by atoms with van der Waals surface area (Å²) in [6, 6.07) is 76.5. The zero-order valence-corrected chi connectivity index (χ0v) is 28.2. The fourth-order valence-electron chi connectivity index (χ4n) is 7.38. The molecule has 0 saturated heterocycles. The molecule has 0 heterocycles. The topological polar surface area (TPSA) is 3.24 Å². The molecule has 0 aliphatic rings. The minimum atomic E-state index is 1.11. The van der Waals surface area contributed by atoms with Gasteiger partial charge >= 0.3 is 0 Å². The van der Waals surface area contributed by atoms with Crippen molar-refractivity contribution in [2.24, 2.45) is 0 Å². The molecule has 0 unspecified atom stereocenters. The second kappa shape index (κ2) is 13.3. The molecule has 0 atom stereocenters. The third-order valence-electron chi connectivity index (χ3n) is 9.86. The summed E-state index contributed by atoms with van der Waals surface area (Å²) in [4.78, 5) is 2.34. The van der Waals surface area contributed by atoms with E-state index in [-0.39, 0.29) is 0 Å². The van der Waals surface area contributed by atoms with Gasteiger partial charge in [-0.15, -0.1) is 0 Å². The zero-order chi connectivity index (χ0) is 34.0. The summed E-state index contributed by atoms with van der Waals surface area (Å²) >= 11 is 0. The fourth-order valence-corrected chi connectivity index (χ4v) is 7.38. The van der Waals surface area contributed by atoms with Crippen LogP contribution in [-0.2, 0) is 0 Å².